The van der Waals surface area contributed by atoms with Crippen molar-refractivity contribution in [2.24, 2.45) is 5.14 Å². The van der Waals surface area contributed by atoms with Crippen molar-refractivity contribution in [2.75, 3.05) is 32.3 Å². The molecule has 0 saturated heterocycles. The van der Waals surface area contributed by atoms with Crippen molar-refractivity contribution in [3.05, 3.63) is 42.0 Å². The minimum absolute atomic E-state index is 0.0687. The lowest BCUT2D eigenvalue weighted by molar-refractivity contribution is 0.186. The molecule has 0 radical (unpaired) electrons. The molecule has 11 heteroatoms. The van der Waals surface area contributed by atoms with Crippen molar-refractivity contribution in [2.45, 2.75) is 15.9 Å². The molecular weight excluding hydrogens is 408 g/mol. The van der Waals surface area contributed by atoms with Crippen LogP contribution in [0.3, 0.4) is 0 Å². The highest BCUT2D eigenvalue weighted by molar-refractivity contribution is 7.91. The smallest absolute Gasteiger partial charge is 0.238 e. The monoisotopic (exact) mass is 430 g/mol. The zero-order valence-electron chi connectivity index (χ0n) is 15.5. The molecule has 154 valence electrons. The molecule has 1 atom stereocenters. The van der Waals surface area contributed by atoms with Gasteiger partial charge < -0.3 is 19.9 Å². The van der Waals surface area contributed by atoms with E-state index in [2.05, 4.69) is 5.32 Å². The number of aliphatic hydroxyl groups is 1. The summed E-state index contributed by atoms with van der Waals surface area (Å²) in [7, 11) is -4.88. The first-order valence-electron chi connectivity index (χ1n) is 7.98. The lowest BCUT2D eigenvalue weighted by atomic mass is 10.1. The Hall–Kier alpha value is -2.34. The molecule has 1 unspecified atom stereocenters. The van der Waals surface area contributed by atoms with Gasteiger partial charge in [0.25, 0.3) is 0 Å². The number of primary sulfonamides is 1. The summed E-state index contributed by atoms with van der Waals surface area (Å²) in [5, 5.41) is 18.4. The number of sulfonamides is 1. The standard InChI is InChI=1S/C17H22N2O7S2/c1-25-11-4-7-16(26-2)13(8-11)15(20)10-19-14-6-5-12(28(18,23)24)9-17(14)27(3,21)22/h4-9,15,19-20H,10H2,1-3H3,(H2,18,23,24). The molecule has 28 heavy (non-hydrogen) atoms. The van der Waals surface area contributed by atoms with Crippen LogP contribution < -0.4 is 19.9 Å². The molecule has 0 fully saturated rings. The summed E-state index contributed by atoms with van der Waals surface area (Å²) in [5.74, 6) is 0.951. The third kappa shape index (κ3) is 5.13. The highest BCUT2D eigenvalue weighted by atomic mass is 32.2. The van der Waals surface area contributed by atoms with Gasteiger partial charge in [0, 0.05) is 18.4 Å². The van der Waals surface area contributed by atoms with Crippen LogP contribution in [-0.4, -0.2) is 49.0 Å². The molecule has 0 amide bonds. The number of benzene rings is 2. The van der Waals surface area contributed by atoms with Crippen LogP contribution in [0.1, 0.15) is 11.7 Å². The van der Waals surface area contributed by atoms with Gasteiger partial charge in [-0.15, -0.1) is 0 Å². The largest absolute Gasteiger partial charge is 0.497 e. The summed E-state index contributed by atoms with van der Waals surface area (Å²) in [6, 6.07) is 8.37. The second kappa shape index (κ2) is 8.35. The molecule has 2 aromatic rings. The third-order valence-electron chi connectivity index (χ3n) is 3.96. The quantitative estimate of drug-likeness (QED) is 0.560. The van der Waals surface area contributed by atoms with Gasteiger partial charge in [-0.05, 0) is 36.4 Å². The van der Waals surface area contributed by atoms with E-state index >= 15 is 0 Å². The Kier molecular flexibility index (Phi) is 6.55. The van der Waals surface area contributed by atoms with Crippen LogP contribution in [0.2, 0.25) is 0 Å². The van der Waals surface area contributed by atoms with E-state index in [0.717, 1.165) is 12.3 Å². The van der Waals surface area contributed by atoms with Crippen LogP contribution >= 0.6 is 0 Å². The predicted octanol–water partition coefficient (Wildman–Crippen LogP) is 0.900. The van der Waals surface area contributed by atoms with Crippen molar-refractivity contribution < 1.29 is 31.4 Å². The summed E-state index contributed by atoms with van der Waals surface area (Å²) in [6.07, 6.45) is -0.113. The Morgan fingerprint density at radius 3 is 2.29 bits per heavy atom. The highest BCUT2D eigenvalue weighted by Crippen LogP contribution is 2.30. The number of nitrogens with one attached hydrogen (secondary N) is 1. The van der Waals surface area contributed by atoms with Gasteiger partial charge in [-0.2, -0.15) is 0 Å². The molecule has 0 heterocycles. The Morgan fingerprint density at radius 1 is 1.07 bits per heavy atom. The molecule has 0 aliphatic carbocycles. The second-order valence-corrected chi connectivity index (χ2v) is 9.53. The van der Waals surface area contributed by atoms with E-state index in [1.54, 1.807) is 18.2 Å². The highest BCUT2D eigenvalue weighted by Gasteiger charge is 2.20. The number of methoxy groups -OCH3 is 2. The van der Waals surface area contributed by atoms with E-state index in [-0.39, 0.29) is 22.0 Å². The van der Waals surface area contributed by atoms with Crippen molar-refractivity contribution in [3.8, 4) is 11.5 Å². The van der Waals surface area contributed by atoms with Crippen LogP contribution in [-0.2, 0) is 19.9 Å². The molecule has 2 rings (SSSR count). The zero-order valence-corrected chi connectivity index (χ0v) is 17.2. The van der Waals surface area contributed by atoms with Crippen molar-refractivity contribution in [3.63, 3.8) is 0 Å². The molecule has 0 spiro atoms. The van der Waals surface area contributed by atoms with Gasteiger partial charge in [0.1, 0.15) is 11.5 Å². The van der Waals surface area contributed by atoms with E-state index in [1.165, 1.54) is 26.4 Å². The van der Waals surface area contributed by atoms with Gasteiger partial charge >= 0.3 is 0 Å². The molecule has 4 N–H and O–H groups in total. The van der Waals surface area contributed by atoms with E-state index in [9.17, 15) is 21.9 Å². The predicted molar refractivity (Wildman–Crippen MR) is 104 cm³/mol. The first-order valence-corrected chi connectivity index (χ1v) is 11.4. The molecule has 0 saturated carbocycles. The Bertz CT molecular complexity index is 1070. The Labute approximate surface area is 164 Å². The number of ether oxygens (including phenoxy) is 2. The Morgan fingerprint density at radius 2 is 1.75 bits per heavy atom. The maximum absolute atomic E-state index is 12.1. The summed E-state index contributed by atoms with van der Waals surface area (Å²) in [5.41, 5.74) is 0.576. The minimum Gasteiger partial charge on any atom is -0.497 e. The lowest BCUT2D eigenvalue weighted by Crippen LogP contribution is -2.17. The molecule has 9 nitrogen and oxygen atoms in total. The first kappa shape index (κ1) is 22.0. The summed E-state index contributed by atoms with van der Waals surface area (Å²) in [4.78, 5) is -0.572. The van der Waals surface area contributed by atoms with Gasteiger partial charge in [0.2, 0.25) is 10.0 Å². The fourth-order valence-electron chi connectivity index (χ4n) is 2.55. The third-order valence-corrected chi connectivity index (χ3v) is 6.01. The fourth-order valence-corrected chi connectivity index (χ4v) is 4.04. The van der Waals surface area contributed by atoms with E-state index in [0.29, 0.717) is 17.1 Å². The van der Waals surface area contributed by atoms with E-state index in [1.807, 2.05) is 0 Å². The molecule has 0 aliphatic rings. The lowest BCUT2D eigenvalue weighted by Gasteiger charge is -2.18. The van der Waals surface area contributed by atoms with Crippen LogP contribution in [0.25, 0.3) is 0 Å². The number of aliphatic hydroxyl groups excluding tert-OH is 1. The van der Waals surface area contributed by atoms with Crippen molar-refractivity contribution in [1.82, 2.24) is 0 Å². The zero-order chi connectivity index (χ0) is 21.1. The number of hydrogen-bond donors (Lipinski definition) is 3. The van der Waals surface area contributed by atoms with Gasteiger partial charge in [0.05, 0.1) is 35.8 Å². The number of sulfone groups is 1. The Balaban J connectivity index is 2.34. The molecule has 0 aliphatic heterocycles. The average Bonchev–Trinajstić information content (AvgIpc) is 2.63. The number of nitrogens with two attached hydrogens (primary N) is 1. The normalized spacial score (nSPS) is 13.0. The number of anilines is 1. The van der Waals surface area contributed by atoms with Crippen LogP contribution in [0.15, 0.2) is 46.2 Å². The van der Waals surface area contributed by atoms with Crippen LogP contribution in [0.5, 0.6) is 11.5 Å². The summed E-state index contributed by atoms with van der Waals surface area (Å²) < 4.78 is 57.5. The maximum Gasteiger partial charge on any atom is 0.238 e. The van der Waals surface area contributed by atoms with Gasteiger partial charge in [0.15, 0.2) is 9.84 Å². The van der Waals surface area contributed by atoms with E-state index in [4.69, 9.17) is 14.6 Å². The number of hydrogen-bond acceptors (Lipinski definition) is 8. The molecule has 0 aromatic heterocycles. The number of rotatable bonds is 8. The topological polar surface area (TPSA) is 145 Å². The first-order chi connectivity index (χ1) is 13.0. The van der Waals surface area contributed by atoms with Gasteiger partial charge in [-0.3, -0.25) is 0 Å². The fraction of sp³-hybridized carbons (Fsp3) is 0.294. The van der Waals surface area contributed by atoms with Gasteiger partial charge in [-0.1, -0.05) is 0 Å². The van der Waals surface area contributed by atoms with Crippen molar-refractivity contribution in [1.29, 1.82) is 0 Å². The SMILES string of the molecule is COc1ccc(OC)c(C(O)CNc2ccc(S(N)(=O)=O)cc2S(C)(=O)=O)c1. The molecule has 2 aromatic carbocycles. The van der Waals surface area contributed by atoms with Crippen molar-refractivity contribution >= 4 is 25.5 Å². The van der Waals surface area contributed by atoms with Gasteiger partial charge in [-0.25, -0.2) is 22.0 Å². The maximum atomic E-state index is 12.1. The van der Waals surface area contributed by atoms with Crippen LogP contribution in [0, 0.1) is 0 Å². The van der Waals surface area contributed by atoms with Crippen LogP contribution in [0.4, 0.5) is 5.69 Å². The summed E-state index contributed by atoms with van der Waals surface area (Å²) in [6.45, 7) is -0.0687. The minimum atomic E-state index is -4.07. The van der Waals surface area contributed by atoms with E-state index < -0.39 is 26.0 Å². The molecular formula is C17H22N2O7S2. The molecule has 0 bridgehead atoms. The summed E-state index contributed by atoms with van der Waals surface area (Å²) >= 11 is 0. The second-order valence-electron chi connectivity index (χ2n) is 5.98. The average molecular weight is 431 g/mol.